The van der Waals surface area contributed by atoms with Crippen molar-refractivity contribution in [3.63, 3.8) is 0 Å². The largest absolute Gasteiger partial charge is 0.493 e. The molecule has 0 saturated heterocycles. The fourth-order valence-electron chi connectivity index (χ4n) is 1.95. The Kier molecular flexibility index (Phi) is 7.05. The van der Waals surface area contributed by atoms with Crippen LogP contribution in [0.2, 0.25) is 0 Å². The molecule has 0 atom stereocenters. The molecule has 1 aromatic carbocycles. The molecular weight excluding hydrogens is 326 g/mol. The molecule has 7 heteroatoms. The number of carbonyl (C=O) groups is 1. The minimum atomic E-state index is -0.187. The van der Waals surface area contributed by atoms with Crippen LogP contribution in [0.1, 0.15) is 28.7 Å². The van der Waals surface area contributed by atoms with Gasteiger partial charge in [-0.1, -0.05) is 41.8 Å². The van der Waals surface area contributed by atoms with Gasteiger partial charge in [0.05, 0.1) is 19.3 Å². The highest BCUT2D eigenvalue weighted by molar-refractivity contribution is 7.08. The summed E-state index contributed by atoms with van der Waals surface area (Å²) in [7, 11) is 1.59. The van der Waals surface area contributed by atoms with Crippen molar-refractivity contribution in [3.8, 4) is 23.3 Å². The Bertz CT molecular complexity index is 734. The Hall–Kier alpha value is -2.59. The van der Waals surface area contributed by atoms with Crippen LogP contribution in [0.4, 0.5) is 0 Å². The van der Waals surface area contributed by atoms with Crippen molar-refractivity contribution in [3.05, 3.63) is 34.8 Å². The van der Waals surface area contributed by atoms with Gasteiger partial charge in [0, 0.05) is 0 Å². The second kappa shape index (κ2) is 9.53. The molecule has 0 bridgehead atoms. The first-order chi connectivity index (χ1) is 11.8. The highest BCUT2D eigenvalue weighted by atomic mass is 32.1. The van der Waals surface area contributed by atoms with Crippen LogP contribution >= 0.6 is 11.5 Å². The number of nitrogens with zero attached hydrogens (tertiary/aromatic N) is 2. The van der Waals surface area contributed by atoms with Crippen molar-refractivity contribution >= 4 is 17.4 Å². The van der Waals surface area contributed by atoms with E-state index in [-0.39, 0.29) is 19.1 Å². The topological polar surface area (TPSA) is 73.3 Å². The minimum absolute atomic E-state index is 0.187. The van der Waals surface area contributed by atoms with E-state index < -0.39 is 0 Å². The Labute approximate surface area is 145 Å². The molecule has 0 unspecified atom stereocenters. The molecule has 24 heavy (non-hydrogen) atoms. The van der Waals surface area contributed by atoms with Gasteiger partial charge in [-0.15, -0.1) is 5.10 Å². The van der Waals surface area contributed by atoms with Crippen LogP contribution in [-0.4, -0.2) is 35.8 Å². The number of nitrogens with one attached hydrogen (secondary N) is 1. The summed E-state index contributed by atoms with van der Waals surface area (Å²) in [5, 5.41) is 6.72. The van der Waals surface area contributed by atoms with Gasteiger partial charge in [-0.05, 0) is 30.1 Å². The average molecular weight is 345 g/mol. The van der Waals surface area contributed by atoms with E-state index in [0.717, 1.165) is 30.1 Å². The van der Waals surface area contributed by atoms with Gasteiger partial charge < -0.3 is 14.8 Å². The molecule has 126 valence electrons. The molecule has 2 rings (SSSR count). The number of aryl methyl sites for hydroxylation is 1. The average Bonchev–Trinajstić information content (AvgIpc) is 3.07. The normalized spacial score (nSPS) is 9.75. The van der Waals surface area contributed by atoms with Crippen LogP contribution in [0.5, 0.6) is 11.5 Å². The van der Waals surface area contributed by atoms with Crippen molar-refractivity contribution in [1.82, 2.24) is 14.9 Å². The third kappa shape index (κ3) is 4.96. The second-order valence-corrected chi connectivity index (χ2v) is 5.53. The summed E-state index contributed by atoms with van der Waals surface area (Å²) in [6.45, 7) is 2.51. The summed E-state index contributed by atoms with van der Waals surface area (Å²) in [6, 6.07) is 7.37. The van der Waals surface area contributed by atoms with Crippen molar-refractivity contribution in [2.45, 2.75) is 19.8 Å². The van der Waals surface area contributed by atoms with Crippen molar-refractivity contribution in [1.29, 1.82) is 0 Å². The Morgan fingerprint density at radius 2 is 2.08 bits per heavy atom. The number of benzene rings is 1. The minimum Gasteiger partial charge on any atom is -0.493 e. The van der Waals surface area contributed by atoms with Crippen LogP contribution in [0.3, 0.4) is 0 Å². The monoisotopic (exact) mass is 345 g/mol. The van der Waals surface area contributed by atoms with E-state index >= 15 is 0 Å². The smallest absolute Gasteiger partial charge is 0.265 e. The molecule has 0 aliphatic rings. The molecule has 0 spiro atoms. The van der Waals surface area contributed by atoms with E-state index in [2.05, 4.69) is 26.7 Å². The van der Waals surface area contributed by atoms with Gasteiger partial charge in [0.25, 0.3) is 5.91 Å². The van der Waals surface area contributed by atoms with Gasteiger partial charge >= 0.3 is 0 Å². The van der Waals surface area contributed by atoms with E-state index in [1.54, 1.807) is 7.11 Å². The lowest BCUT2D eigenvalue weighted by Crippen LogP contribution is -2.23. The summed E-state index contributed by atoms with van der Waals surface area (Å²) in [5.41, 5.74) is 0.743. The first-order valence-electron chi connectivity index (χ1n) is 7.57. The zero-order chi connectivity index (χ0) is 17.2. The maximum Gasteiger partial charge on any atom is 0.265 e. The number of ether oxygens (including phenoxy) is 2. The zero-order valence-corrected chi connectivity index (χ0v) is 14.5. The predicted octanol–water partition coefficient (Wildman–Crippen LogP) is 2.31. The molecular formula is C17H19N3O3S. The van der Waals surface area contributed by atoms with Crippen LogP contribution in [0.15, 0.2) is 24.3 Å². The molecule has 1 N–H and O–H groups in total. The first kappa shape index (κ1) is 17.8. The van der Waals surface area contributed by atoms with Gasteiger partial charge in [0.1, 0.15) is 11.5 Å². The van der Waals surface area contributed by atoms with Crippen molar-refractivity contribution in [2.24, 2.45) is 0 Å². The molecule has 2 aromatic rings. The maximum absolute atomic E-state index is 12.0. The van der Waals surface area contributed by atoms with Crippen molar-refractivity contribution < 1.29 is 14.3 Å². The molecule has 0 aliphatic carbocycles. The third-order valence-electron chi connectivity index (χ3n) is 3.08. The highest BCUT2D eigenvalue weighted by Gasteiger charge is 2.14. The van der Waals surface area contributed by atoms with Gasteiger partial charge in [-0.3, -0.25) is 4.79 Å². The Morgan fingerprint density at radius 1 is 1.29 bits per heavy atom. The summed E-state index contributed by atoms with van der Waals surface area (Å²) in [6.07, 6.45) is 1.67. The number of rotatable bonds is 7. The number of amides is 1. The fraction of sp³-hybridized carbons (Fsp3) is 0.353. The van der Waals surface area contributed by atoms with E-state index in [1.807, 2.05) is 31.2 Å². The number of aromatic nitrogens is 2. The predicted molar refractivity (Wildman–Crippen MR) is 92.5 cm³/mol. The molecule has 0 saturated carbocycles. The van der Waals surface area contributed by atoms with E-state index in [9.17, 15) is 4.79 Å². The van der Waals surface area contributed by atoms with E-state index in [4.69, 9.17) is 9.47 Å². The molecule has 1 heterocycles. The van der Waals surface area contributed by atoms with Gasteiger partial charge in [-0.2, -0.15) is 0 Å². The van der Waals surface area contributed by atoms with Crippen LogP contribution < -0.4 is 14.8 Å². The quantitative estimate of drug-likeness (QED) is 0.780. The van der Waals surface area contributed by atoms with Gasteiger partial charge in [-0.25, -0.2) is 0 Å². The number of methoxy groups -OCH3 is 1. The van der Waals surface area contributed by atoms with E-state index in [1.165, 1.54) is 0 Å². The molecule has 1 amide bonds. The molecule has 0 radical (unpaired) electrons. The second-order valence-electron chi connectivity index (χ2n) is 4.77. The zero-order valence-electron chi connectivity index (χ0n) is 13.7. The Morgan fingerprint density at radius 3 is 2.83 bits per heavy atom. The lowest BCUT2D eigenvalue weighted by molar-refractivity contribution is 0.0961. The third-order valence-corrected chi connectivity index (χ3v) is 3.85. The van der Waals surface area contributed by atoms with Gasteiger partial charge in [0.2, 0.25) is 0 Å². The van der Waals surface area contributed by atoms with Crippen molar-refractivity contribution in [2.75, 3.05) is 20.3 Å². The standard InChI is InChI=1S/C17H19N3O3S/c1-3-8-13-16(24-20-19-13)17(21)18-11-6-7-12-23-15-10-5-4-9-14(15)22-2/h4-5,9-10H,3,8,11-12H2,1-2H3,(H,18,21). The maximum atomic E-state index is 12.0. The first-order valence-corrected chi connectivity index (χ1v) is 8.34. The number of hydrogen-bond acceptors (Lipinski definition) is 6. The molecule has 1 aromatic heterocycles. The summed E-state index contributed by atoms with van der Waals surface area (Å²) >= 11 is 1.11. The highest BCUT2D eigenvalue weighted by Crippen LogP contribution is 2.25. The summed E-state index contributed by atoms with van der Waals surface area (Å²) in [5.74, 6) is 6.82. The lowest BCUT2D eigenvalue weighted by Gasteiger charge is -2.07. The summed E-state index contributed by atoms with van der Waals surface area (Å²) in [4.78, 5) is 12.6. The summed E-state index contributed by atoms with van der Waals surface area (Å²) < 4.78 is 14.5. The molecule has 0 aliphatic heterocycles. The fourth-order valence-corrected chi connectivity index (χ4v) is 2.58. The van der Waals surface area contributed by atoms with Gasteiger partial charge in [0.15, 0.2) is 11.5 Å². The van der Waals surface area contributed by atoms with Crippen LogP contribution in [0, 0.1) is 11.8 Å². The van der Waals surface area contributed by atoms with E-state index in [0.29, 0.717) is 16.4 Å². The number of para-hydroxylation sites is 2. The number of carbonyl (C=O) groups excluding carboxylic acids is 1. The Balaban J connectivity index is 1.77. The SMILES string of the molecule is CCCc1nnsc1C(=O)NCC#CCOc1ccccc1OC. The lowest BCUT2D eigenvalue weighted by atomic mass is 10.2. The molecule has 6 nitrogen and oxygen atoms in total. The number of hydrogen-bond donors (Lipinski definition) is 1. The van der Waals surface area contributed by atoms with Crippen LogP contribution in [-0.2, 0) is 6.42 Å². The van der Waals surface area contributed by atoms with Crippen LogP contribution in [0.25, 0.3) is 0 Å². The molecule has 0 fully saturated rings.